The Morgan fingerprint density at radius 1 is 1.11 bits per heavy atom. The van der Waals surface area contributed by atoms with E-state index >= 15 is 0 Å². The summed E-state index contributed by atoms with van der Waals surface area (Å²) >= 11 is 1.22. The van der Waals surface area contributed by atoms with Crippen LogP contribution in [0.25, 0.3) is 16.8 Å². The molecule has 3 rings (SSSR count). The molecule has 9 nitrogen and oxygen atoms in total. The normalized spacial score (nSPS) is 10.9. The number of rotatable bonds is 6. The van der Waals surface area contributed by atoms with E-state index in [-0.39, 0.29) is 22.6 Å². The van der Waals surface area contributed by atoms with E-state index in [1.807, 2.05) is 6.07 Å². The van der Waals surface area contributed by atoms with Crippen LogP contribution in [-0.4, -0.2) is 14.8 Å². The Labute approximate surface area is 162 Å². The van der Waals surface area contributed by atoms with E-state index in [1.54, 1.807) is 29.6 Å². The van der Waals surface area contributed by atoms with Gasteiger partial charge in [0, 0.05) is 35.3 Å². The molecule has 0 saturated heterocycles. The maximum atomic E-state index is 11.1. The highest BCUT2D eigenvalue weighted by molar-refractivity contribution is 7.11. The third-order valence-corrected chi connectivity index (χ3v) is 4.58. The molecule has 3 aromatic rings. The number of para-hydroxylation sites is 2. The molecule has 2 aromatic carbocycles. The highest BCUT2D eigenvalue weighted by Gasteiger charge is 2.13. The number of hydrogen-bond donors (Lipinski definition) is 1. The SMILES string of the molecule is N#C/C(=C\Nc1ccccc1[N+](=O)[O-])c1nc(-c2ccc([N+](=O)[O-])cc2)cs1. The van der Waals surface area contributed by atoms with Gasteiger partial charge in [-0.05, 0) is 18.2 Å². The van der Waals surface area contributed by atoms with Crippen LogP contribution in [0.5, 0.6) is 0 Å². The summed E-state index contributed by atoms with van der Waals surface area (Å²) in [6.07, 6.45) is 1.36. The van der Waals surface area contributed by atoms with Crippen LogP contribution in [0.2, 0.25) is 0 Å². The van der Waals surface area contributed by atoms with Crippen molar-refractivity contribution in [2.24, 2.45) is 0 Å². The van der Waals surface area contributed by atoms with Crippen molar-refractivity contribution in [3.8, 4) is 17.3 Å². The van der Waals surface area contributed by atoms with Crippen molar-refractivity contribution in [3.63, 3.8) is 0 Å². The molecule has 0 bridgehead atoms. The number of benzene rings is 2. The molecule has 0 fully saturated rings. The number of nitrogens with one attached hydrogen (secondary N) is 1. The molecule has 0 aliphatic carbocycles. The minimum Gasteiger partial charge on any atom is -0.355 e. The number of non-ortho nitro benzene ring substituents is 1. The second kappa shape index (κ2) is 8.07. The number of nitro benzene ring substituents is 2. The summed E-state index contributed by atoms with van der Waals surface area (Å²) in [6, 6.07) is 14.0. The summed E-state index contributed by atoms with van der Waals surface area (Å²) < 4.78 is 0. The highest BCUT2D eigenvalue weighted by Crippen LogP contribution is 2.28. The van der Waals surface area contributed by atoms with Crippen LogP contribution in [0.4, 0.5) is 17.1 Å². The van der Waals surface area contributed by atoms with Crippen LogP contribution >= 0.6 is 11.3 Å². The van der Waals surface area contributed by atoms with Gasteiger partial charge < -0.3 is 5.32 Å². The van der Waals surface area contributed by atoms with Gasteiger partial charge >= 0.3 is 0 Å². The van der Waals surface area contributed by atoms with E-state index in [0.717, 1.165) is 0 Å². The van der Waals surface area contributed by atoms with Gasteiger partial charge in [0.05, 0.1) is 15.5 Å². The number of thiazole rings is 1. The number of allylic oxidation sites excluding steroid dienone is 1. The molecule has 0 radical (unpaired) electrons. The van der Waals surface area contributed by atoms with Gasteiger partial charge in [0.15, 0.2) is 0 Å². The number of nitrogens with zero attached hydrogens (tertiary/aromatic N) is 4. The van der Waals surface area contributed by atoms with Crippen LogP contribution < -0.4 is 5.32 Å². The zero-order chi connectivity index (χ0) is 20.1. The summed E-state index contributed by atoms with van der Waals surface area (Å²) in [5, 5.41) is 36.1. The standard InChI is InChI=1S/C18H11N5O4S/c19-9-13(10-20-15-3-1-2-4-17(15)23(26)27)18-21-16(11-28-18)12-5-7-14(8-6-12)22(24)25/h1-8,10-11,20H/b13-10+. The maximum Gasteiger partial charge on any atom is 0.292 e. The number of nitriles is 1. The molecule has 0 aliphatic rings. The first-order valence-electron chi connectivity index (χ1n) is 7.80. The molecule has 0 unspecified atom stereocenters. The second-order valence-corrected chi connectivity index (χ2v) is 6.29. The van der Waals surface area contributed by atoms with Crippen molar-refractivity contribution in [1.29, 1.82) is 5.26 Å². The second-order valence-electron chi connectivity index (χ2n) is 5.43. The van der Waals surface area contributed by atoms with Crippen LogP contribution in [0, 0.1) is 31.6 Å². The van der Waals surface area contributed by atoms with Crippen molar-refractivity contribution in [3.05, 3.63) is 85.3 Å². The smallest absolute Gasteiger partial charge is 0.292 e. The summed E-state index contributed by atoms with van der Waals surface area (Å²) in [4.78, 5) is 25.2. The molecule has 0 saturated carbocycles. The van der Waals surface area contributed by atoms with Gasteiger partial charge in [-0.25, -0.2) is 4.98 Å². The molecule has 0 spiro atoms. The fourth-order valence-electron chi connectivity index (χ4n) is 2.33. The van der Waals surface area contributed by atoms with E-state index < -0.39 is 9.85 Å². The predicted molar refractivity (Wildman–Crippen MR) is 105 cm³/mol. The average Bonchev–Trinajstić information content (AvgIpc) is 3.19. The zero-order valence-corrected chi connectivity index (χ0v) is 14.9. The minimum absolute atomic E-state index is 0.0227. The zero-order valence-electron chi connectivity index (χ0n) is 14.1. The Balaban J connectivity index is 1.84. The minimum atomic E-state index is -0.516. The highest BCUT2D eigenvalue weighted by atomic mass is 32.1. The van der Waals surface area contributed by atoms with Gasteiger partial charge in [-0.15, -0.1) is 11.3 Å². The van der Waals surface area contributed by atoms with Gasteiger partial charge in [-0.3, -0.25) is 20.2 Å². The van der Waals surface area contributed by atoms with E-state index in [0.29, 0.717) is 16.3 Å². The fourth-order valence-corrected chi connectivity index (χ4v) is 3.13. The van der Waals surface area contributed by atoms with Gasteiger partial charge in [0.1, 0.15) is 22.3 Å². The van der Waals surface area contributed by atoms with Crippen LogP contribution in [0.1, 0.15) is 5.01 Å². The van der Waals surface area contributed by atoms with Crippen molar-refractivity contribution >= 4 is 34.0 Å². The summed E-state index contributed by atoms with van der Waals surface area (Å²) in [7, 11) is 0. The lowest BCUT2D eigenvalue weighted by Gasteiger charge is -2.02. The molecular weight excluding hydrogens is 382 g/mol. The first-order valence-corrected chi connectivity index (χ1v) is 8.68. The van der Waals surface area contributed by atoms with E-state index in [2.05, 4.69) is 10.3 Å². The molecular formula is C18H11N5O4S. The monoisotopic (exact) mass is 393 g/mol. The summed E-state index contributed by atoms with van der Waals surface area (Å²) in [5.41, 5.74) is 1.58. The molecule has 138 valence electrons. The average molecular weight is 393 g/mol. The van der Waals surface area contributed by atoms with Gasteiger partial charge in [-0.1, -0.05) is 12.1 Å². The molecule has 1 N–H and O–H groups in total. The third-order valence-electron chi connectivity index (χ3n) is 3.70. The van der Waals surface area contributed by atoms with Crippen molar-refractivity contribution < 1.29 is 9.85 Å². The lowest BCUT2D eigenvalue weighted by atomic mass is 10.1. The van der Waals surface area contributed by atoms with Gasteiger partial charge in [0.25, 0.3) is 11.4 Å². The van der Waals surface area contributed by atoms with E-state index in [4.69, 9.17) is 0 Å². The largest absolute Gasteiger partial charge is 0.355 e. The maximum absolute atomic E-state index is 11.1. The first kappa shape index (κ1) is 18.7. The first-order chi connectivity index (χ1) is 13.5. The van der Waals surface area contributed by atoms with Crippen molar-refractivity contribution in [2.75, 3.05) is 5.32 Å². The van der Waals surface area contributed by atoms with Gasteiger partial charge in [0.2, 0.25) is 0 Å². The summed E-state index contributed by atoms with van der Waals surface area (Å²) in [6.45, 7) is 0. The molecule has 0 atom stereocenters. The fraction of sp³-hybridized carbons (Fsp3) is 0. The number of aromatic nitrogens is 1. The Morgan fingerprint density at radius 2 is 1.82 bits per heavy atom. The molecule has 1 heterocycles. The van der Waals surface area contributed by atoms with Crippen LogP contribution in [0.3, 0.4) is 0 Å². The quantitative estimate of drug-likeness (QED) is 0.367. The summed E-state index contributed by atoms with van der Waals surface area (Å²) in [5.74, 6) is 0. The van der Waals surface area contributed by atoms with Crippen LogP contribution in [0.15, 0.2) is 60.1 Å². The Bertz CT molecular complexity index is 1120. The molecule has 1 aromatic heterocycles. The van der Waals surface area contributed by atoms with Crippen molar-refractivity contribution in [2.45, 2.75) is 0 Å². The Morgan fingerprint density at radius 3 is 2.46 bits per heavy atom. The van der Waals surface area contributed by atoms with E-state index in [1.165, 1.54) is 41.8 Å². The topological polar surface area (TPSA) is 135 Å². The number of nitro groups is 2. The molecule has 10 heteroatoms. The number of anilines is 1. The lowest BCUT2D eigenvalue weighted by molar-refractivity contribution is -0.384. The van der Waals surface area contributed by atoms with E-state index in [9.17, 15) is 25.5 Å². The lowest BCUT2D eigenvalue weighted by Crippen LogP contribution is -1.96. The molecule has 0 amide bonds. The Hall–Kier alpha value is -4.10. The van der Waals surface area contributed by atoms with Gasteiger partial charge in [-0.2, -0.15) is 5.26 Å². The predicted octanol–water partition coefficient (Wildman–Crippen LogP) is 4.60. The van der Waals surface area contributed by atoms with Crippen molar-refractivity contribution in [1.82, 2.24) is 4.98 Å². The van der Waals surface area contributed by atoms with Crippen LogP contribution in [-0.2, 0) is 0 Å². The third kappa shape index (κ3) is 4.00. The Kier molecular flexibility index (Phi) is 5.38. The number of hydrogen-bond acceptors (Lipinski definition) is 8. The molecule has 0 aliphatic heterocycles. The molecule has 28 heavy (non-hydrogen) atoms.